The average Bonchev–Trinajstić information content (AvgIpc) is 2.69. The van der Waals surface area contributed by atoms with E-state index in [1.807, 2.05) is 0 Å². The minimum Gasteiger partial charge on any atom is -0.506 e. The van der Waals surface area contributed by atoms with E-state index in [0.29, 0.717) is 28.8 Å². The molecule has 0 amide bonds. The highest BCUT2D eigenvalue weighted by molar-refractivity contribution is 9.10. The molecule has 0 spiro atoms. The summed E-state index contributed by atoms with van der Waals surface area (Å²) in [4.78, 5) is 0. The molecular formula is C10H11BrO4. The van der Waals surface area contributed by atoms with Crippen molar-refractivity contribution in [1.29, 1.82) is 0 Å². The van der Waals surface area contributed by atoms with Crippen LogP contribution in [0.3, 0.4) is 0 Å². The molecule has 0 saturated heterocycles. The zero-order valence-electron chi connectivity index (χ0n) is 7.99. The molecule has 5 heteroatoms. The molecule has 0 aromatic heterocycles. The van der Waals surface area contributed by atoms with E-state index in [4.69, 9.17) is 14.6 Å². The summed E-state index contributed by atoms with van der Waals surface area (Å²) in [5.74, 6) is 1.33. The third kappa shape index (κ3) is 1.89. The maximum absolute atomic E-state index is 9.82. The van der Waals surface area contributed by atoms with Crippen LogP contribution in [0.25, 0.3) is 0 Å². The van der Waals surface area contributed by atoms with E-state index in [1.54, 1.807) is 6.07 Å². The largest absolute Gasteiger partial charge is 0.506 e. The van der Waals surface area contributed by atoms with Gasteiger partial charge in [-0.2, -0.15) is 0 Å². The number of halogens is 1. The Hall–Kier alpha value is -0.940. The van der Waals surface area contributed by atoms with Crippen molar-refractivity contribution in [2.75, 3.05) is 13.4 Å². The molecule has 0 bridgehead atoms. The van der Waals surface area contributed by atoms with Crippen molar-refractivity contribution >= 4 is 15.9 Å². The molecule has 1 aromatic rings. The monoisotopic (exact) mass is 274 g/mol. The summed E-state index contributed by atoms with van der Waals surface area (Å²) in [6.45, 7) is 0.280. The minimum absolute atomic E-state index is 0.103. The molecule has 2 N–H and O–H groups in total. The van der Waals surface area contributed by atoms with Gasteiger partial charge in [0.1, 0.15) is 10.2 Å². The number of aromatic hydroxyl groups is 1. The molecule has 0 aliphatic carbocycles. The summed E-state index contributed by atoms with van der Waals surface area (Å²) in [6.07, 6.45) is 1.22. The van der Waals surface area contributed by atoms with Crippen LogP contribution in [0.4, 0.5) is 0 Å². The van der Waals surface area contributed by atoms with Gasteiger partial charge >= 0.3 is 0 Å². The first-order valence-electron chi connectivity index (χ1n) is 4.65. The highest BCUT2D eigenvalue weighted by atomic mass is 79.9. The smallest absolute Gasteiger partial charge is 0.231 e. The van der Waals surface area contributed by atoms with E-state index in [0.717, 1.165) is 5.56 Å². The van der Waals surface area contributed by atoms with Gasteiger partial charge in [0.25, 0.3) is 0 Å². The molecule has 1 aliphatic rings. The van der Waals surface area contributed by atoms with Gasteiger partial charge in [-0.15, -0.1) is 0 Å². The number of aliphatic hydroxyl groups excluding tert-OH is 1. The summed E-state index contributed by atoms with van der Waals surface area (Å²) in [6, 6.07) is 1.75. The SMILES string of the molecule is OCCCc1cc2c(c(Br)c1O)OCO2. The van der Waals surface area contributed by atoms with Gasteiger partial charge in [-0.05, 0) is 40.4 Å². The fourth-order valence-electron chi connectivity index (χ4n) is 1.50. The quantitative estimate of drug-likeness (QED) is 0.883. The predicted molar refractivity (Wildman–Crippen MR) is 57.3 cm³/mol. The standard InChI is InChI=1S/C10H11BrO4/c11-8-9(13)6(2-1-3-12)4-7-10(8)15-5-14-7/h4,12-13H,1-3,5H2. The Morgan fingerprint density at radius 2 is 2.20 bits per heavy atom. The van der Waals surface area contributed by atoms with Gasteiger partial charge in [0, 0.05) is 6.61 Å². The average molecular weight is 275 g/mol. The van der Waals surface area contributed by atoms with Gasteiger partial charge in [-0.1, -0.05) is 0 Å². The molecule has 15 heavy (non-hydrogen) atoms. The van der Waals surface area contributed by atoms with E-state index in [1.165, 1.54) is 0 Å². The first-order valence-corrected chi connectivity index (χ1v) is 5.44. The van der Waals surface area contributed by atoms with E-state index in [2.05, 4.69) is 15.9 Å². The van der Waals surface area contributed by atoms with Gasteiger partial charge in [-0.3, -0.25) is 0 Å². The Morgan fingerprint density at radius 1 is 1.40 bits per heavy atom. The minimum atomic E-state index is 0.103. The molecule has 82 valence electrons. The van der Waals surface area contributed by atoms with Crippen LogP contribution < -0.4 is 9.47 Å². The lowest BCUT2D eigenvalue weighted by molar-refractivity contribution is 0.173. The Balaban J connectivity index is 2.36. The van der Waals surface area contributed by atoms with Gasteiger partial charge in [0.2, 0.25) is 6.79 Å². The van der Waals surface area contributed by atoms with Crippen molar-refractivity contribution in [2.24, 2.45) is 0 Å². The van der Waals surface area contributed by atoms with E-state index < -0.39 is 0 Å². The number of phenolic OH excluding ortho intramolecular Hbond substituents is 1. The number of aryl methyl sites for hydroxylation is 1. The van der Waals surface area contributed by atoms with Crippen molar-refractivity contribution in [3.8, 4) is 17.2 Å². The number of phenols is 1. The maximum atomic E-state index is 9.82. The third-order valence-electron chi connectivity index (χ3n) is 2.26. The molecule has 1 heterocycles. The predicted octanol–water partition coefficient (Wildman–Crippen LogP) is 1.81. The number of hydrogen-bond acceptors (Lipinski definition) is 4. The lowest BCUT2D eigenvalue weighted by atomic mass is 10.1. The van der Waals surface area contributed by atoms with Crippen molar-refractivity contribution in [2.45, 2.75) is 12.8 Å². The molecule has 0 atom stereocenters. The zero-order chi connectivity index (χ0) is 10.8. The lowest BCUT2D eigenvalue weighted by Gasteiger charge is -2.08. The number of aliphatic hydroxyl groups is 1. The van der Waals surface area contributed by atoms with Gasteiger partial charge in [0.05, 0.1) is 0 Å². The second-order valence-corrected chi connectivity index (χ2v) is 4.05. The topological polar surface area (TPSA) is 58.9 Å². The Kier molecular flexibility index (Phi) is 3.02. The van der Waals surface area contributed by atoms with Crippen molar-refractivity contribution in [3.63, 3.8) is 0 Å². The van der Waals surface area contributed by atoms with E-state index >= 15 is 0 Å². The molecule has 1 aliphatic heterocycles. The Bertz CT molecular complexity index is 378. The van der Waals surface area contributed by atoms with E-state index in [-0.39, 0.29) is 19.1 Å². The fraction of sp³-hybridized carbons (Fsp3) is 0.400. The number of hydrogen-bond donors (Lipinski definition) is 2. The van der Waals surface area contributed by atoms with Gasteiger partial charge in [-0.25, -0.2) is 0 Å². The van der Waals surface area contributed by atoms with Crippen LogP contribution in [0.5, 0.6) is 17.2 Å². The van der Waals surface area contributed by atoms with E-state index in [9.17, 15) is 5.11 Å². The first-order chi connectivity index (χ1) is 7.24. The summed E-state index contributed by atoms with van der Waals surface area (Å²) in [5.41, 5.74) is 0.750. The van der Waals surface area contributed by atoms with Gasteiger partial charge in [0.15, 0.2) is 11.5 Å². The Labute approximate surface area is 95.6 Å². The first kappa shape index (κ1) is 10.6. The molecular weight excluding hydrogens is 264 g/mol. The number of benzene rings is 1. The summed E-state index contributed by atoms with van der Waals surface area (Å²) >= 11 is 3.26. The highest BCUT2D eigenvalue weighted by Crippen LogP contribution is 2.46. The lowest BCUT2D eigenvalue weighted by Crippen LogP contribution is -1.93. The number of ether oxygens (including phenoxy) is 2. The van der Waals surface area contributed by atoms with Crippen molar-refractivity contribution < 1.29 is 19.7 Å². The molecule has 2 rings (SSSR count). The molecule has 1 aromatic carbocycles. The van der Waals surface area contributed by atoms with Crippen LogP contribution in [0, 0.1) is 0 Å². The number of rotatable bonds is 3. The molecule has 0 unspecified atom stereocenters. The second-order valence-electron chi connectivity index (χ2n) is 3.26. The molecule has 0 fully saturated rings. The van der Waals surface area contributed by atoms with Crippen LogP contribution >= 0.6 is 15.9 Å². The van der Waals surface area contributed by atoms with Gasteiger partial charge < -0.3 is 19.7 Å². The number of fused-ring (bicyclic) bond motifs is 1. The normalized spacial score (nSPS) is 13.2. The summed E-state index contributed by atoms with van der Waals surface area (Å²) in [7, 11) is 0. The summed E-state index contributed by atoms with van der Waals surface area (Å²) < 4.78 is 10.9. The van der Waals surface area contributed by atoms with Crippen LogP contribution in [0.15, 0.2) is 10.5 Å². The highest BCUT2D eigenvalue weighted by Gasteiger charge is 2.22. The molecule has 4 nitrogen and oxygen atoms in total. The Morgan fingerprint density at radius 3 is 2.93 bits per heavy atom. The second kappa shape index (κ2) is 4.28. The van der Waals surface area contributed by atoms with Crippen molar-refractivity contribution in [3.05, 3.63) is 16.1 Å². The van der Waals surface area contributed by atoms with Crippen LogP contribution in [0.2, 0.25) is 0 Å². The fourth-order valence-corrected chi connectivity index (χ4v) is 2.07. The molecule has 0 saturated carbocycles. The molecule has 0 radical (unpaired) electrons. The maximum Gasteiger partial charge on any atom is 0.231 e. The zero-order valence-corrected chi connectivity index (χ0v) is 9.58. The third-order valence-corrected chi connectivity index (χ3v) is 3.00. The van der Waals surface area contributed by atoms with Crippen LogP contribution in [-0.2, 0) is 6.42 Å². The van der Waals surface area contributed by atoms with Crippen molar-refractivity contribution in [1.82, 2.24) is 0 Å². The van der Waals surface area contributed by atoms with Crippen LogP contribution in [-0.4, -0.2) is 23.6 Å². The van der Waals surface area contributed by atoms with Crippen LogP contribution in [0.1, 0.15) is 12.0 Å². The summed E-state index contributed by atoms with van der Waals surface area (Å²) in [5, 5.41) is 18.6.